The van der Waals surface area contributed by atoms with Crippen LogP contribution in [0.25, 0.3) is 0 Å². The van der Waals surface area contributed by atoms with E-state index in [1.807, 2.05) is 37.3 Å². The van der Waals surface area contributed by atoms with Crippen molar-refractivity contribution in [2.24, 2.45) is 0 Å². The number of carbonyl (C=O) groups excluding carboxylic acids is 1. The van der Waals surface area contributed by atoms with Crippen LogP contribution in [0.2, 0.25) is 0 Å². The molecular formula is C17H27N3O. The van der Waals surface area contributed by atoms with Gasteiger partial charge in [0.15, 0.2) is 0 Å². The molecule has 1 aliphatic rings. The zero-order valence-electron chi connectivity index (χ0n) is 13.4. The Balaban J connectivity index is 1.86. The van der Waals surface area contributed by atoms with Gasteiger partial charge in [0, 0.05) is 17.8 Å². The van der Waals surface area contributed by atoms with Crippen LogP contribution < -0.4 is 10.6 Å². The average molecular weight is 289 g/mol. The predicted octanol–water partition coefficient (Wildman–Crippen LogP) is 2.48. The summed E-state index contributed by atoms with van der Waals surface area (Å²) in [5.74, 6) is 0.0214. The molecule has 0 aliphatic heterocycles. The summed E-state index contributed by atoms with van der Waals surface area (Å²) in [6, 6.07) is 9.41. The highest BCUT2D eigenvalue weighted by Crippen LogP contribution is 2.33. The van der Waals surface area contributed by atoms with Gasteiger partial charge >= 0.3 is 0 Å². The van der Waals surface area contributed by atoms with Crippen LogP contribution in [-0.2, 0) is 4.79 Å². The van der Waals surface area contributed by atoms with E-state index in [9.17, 15) is 4.79 Å². The van der Waals surface area contributed by atoms with E-state index >= 15 is 0 Å². The number of hydrogen-bond donors (Lipinski definition) is 2. The Labute approximate surface area is 127 Å². The van der Waals surface area contributed by atoms with Crippen LogP contribution in [0.15, 0.2) is 30.3 Å². The number of para-hydroxylation sites is 1. The van der Waals surface area contributed by atoms with Crippen LogP contribution in [-0.4, -0.2) is 43.0 Å². The molecule has 0 radical (unpaired) electrons. The van der Waals surface area contributed by atoms with E-state index in [-0.39, 0.29) is 17.5 Å². The molecule has 2 N–H and O–H groups in total. The van der Waals surface area contributed by atoms with Crippen molar-refractivity contribution in [1.82, 2.24) is 10.2 Å². The number of likely N-dealkylation sites (N-methyl/N-ethyl adjacent to an activating group) is 1. The summed E-state index contributed by atoms with van der Waals surface area (Å²) < 4.78 is 0. The second kappa shape index (κ2) is 7.05. The first-order valence-electron chi connectivity index (χ1n) is 7.80. The van der Waals surface area contributed by atoms with Crippen molar-refractivity contribution in [3.63, 3.8) is 0 Å². The van der Waals surface area contributed by atoms with Crippen molar-refractivity contribution in [2.45, 2.75) is 44.2 Å². The van der Waals surface area contributed by atoms with Gasteiger partial charge in [-0.05, 0) is 46.0 Å². The number of rotatable bonds is 6. The normalized spacial score (nSPS) is 18.7. The van der Waals surface area contributed by atoms with Crippen LogP contribution in [0.3, 0.4) is 0 Å². The summed E-state index contributed by atoms with van der Waals surface area (Å²) in [4.78, 5) is 14.5. The van der Waals surface area contributed by atoms with Gasteiger partial charge in [-0.15, -0.1) is 0 Å². The third kappa shape index (κ3) is 4.05. The van der Waals surface area contributed by atoms with E-state index in [0.717, 1.165) is 12.2 Å². The van der Waals surface area contributed by atoms with Gasteiger partial charge in [0.2, 0.25) is 5.91 Å². The van der Waals surface area contributed by atoms with Crippen LogP contribution in [0.4, 0.5) is 5.69 Å². The quantitative estimate of drug-likeness (QED) is 0.845. The Hall–Kier alpha value is -1.39. The van der Waals surface area contributed by atoms with Crippen molar-refractivity contribution in [2.75, 3.05) is 26.0 Å². The maximum absolute atomic E-state index is 12.2. The van der Waals surface area contributed by atoms with E-state index in [2.05, 4.69) is 29.6 Å². The molecule has 1 aromatic carbocycles. The van der Waals surface area contributed by atoms with E-state index in [0.29, 0.717) is 0 Å². The van der Waals surface area contributed by atoms with E-state index in [1.165, 1.54) is 25.7 Å². The molecule has 1 aromatic rings. The minimum atomic E-state index is -0.192. The molecule has 0 saturated heterocycles. The van der Waals surface area contributed by atoms with Gasteiger partial charge in [0.1, 0.15) is 0 Å². The first kappa shape index (κ1) is 16.0. The second-order valence-corrected chi connectivity index (χ2v) is 6.28. The van der Waals surface area contributed by atoms with Gasteiger partial charge in [-0.2, -0.15) is 0 Å². The molecule has 1 aliphatic carbocycles. The number of amides is 1. The van der Waals surface area contributed by atoms with Gasteiger partial charge in [-0.1, -0.05) is 31.0 Å². The topological polar surface area (TPSA) is 44.4 Å². The number of nitrogens with one attached hydrogen (secondary N) is 2. The lowest BCUT2D eigenvalue weighted by molar-refractivity contribution is -0.117. The predicted molar refractivity (Wildman–Crippen MR) is 87.4 cm³/mol. The number of nitrogens with zero attached hydrogens (tertiary/aromatic N) is 1. The average Bonchev–Trinajstić information content (AvgIpc) is 2.96. The molecule has 116 valence electrons. The molecular weight excluding hydrogens is 262 g/mol. The molecule has 2 rings (SSSR count). The fraction of sp³-hybridized carbons (Fsp3) is 0.588. The van der Waals surface area contributed by atoms with Crippen LogP contribution in [0.1, 0.15) is 32.6 Å². The fourth-order valence-corrected chi connectivity index (χ4v) is 3.02. The third-order valence-electron chi connectivity index (χ3n) is 4.65. The number of benzene rings is 1. The highest BCUT2D eigenvalue weighted by Gasteiger charge is 2.36. The van der Waals surface area contributed by atoms with Crippen molar-refractivity contribution < 1.29 is 4.79 Å². The first-order valence-corrected chi connectivity index (χ1v) is 7.80. The Kier molecular flexibility index (Phi) is 5.37. The summed E-state index contributed by atoms with van der Waals surface area (Å²) in [5, 5.41) is 6.36. The molecule has 1 amide bonds. The number of hydrogen-bond acceptors (Lipinski definition) is 3. The molecule has 0 spiro atoms. The van der Waals surface area contributed by atoms with Crippen LogP contribution in [0, 0.1) is 0 Å². The van der Waals surface area contributed by atoms with Gasteiger partial charge in [0.25, 0.3) is 0 Å². The Morgan fingerprint density at radius 3 is 2.43 bits per heavy atom. The minimum Gasteiger partial charge on any atom is -0.325 e. The van der Waals surface area contributed by atoms with E-state index < -0.39 is 0 Å². The SMILES string of the molecule is CC(NCC1(N(C)C)CCCC1)C(=O)Nc1ccccc1. The molecule has 1 atom stereocenters. The molecule has 0 heterocycles. The summed E-state index contributed by atoms with van der Waals surface area (Å²) >= 11 is 0. The van der Waals surface area contributed by atoms with Gasteiger partial charge < -0.3 is 15.5 Å². The summed E-state index contributed by atoms with van der Waals surface area (Å²) in [7, 11) is 4.28. The van der Waals surface area contributed by atoms with Crippen LogP contribution in [0.5, 0.6) is 0 Å². The Morgan fingerprint density at radius 2 is 1.86 bits per heavy atom. The molecule has 21 heavy (non-hydrogen) atoms. The van der Waals surface area contributed by atoms with E-state index in [1.54, 1.807) is 0 Å². The molecule has 0 bridgehead atoms. The Morgan fingerprint density at radius 1 is 1.24 bits per heavy atom. The lowest BCUT2D eigenvalue weighted by Crippen LogP contribution is -2.53. The monoisotopic (exact) mass is 289 g/mol. The summed E-state index contributed by atoms with van der Waals surface area (Å²) in [5.41, 5.74) is 1.06. The standard InChI is InChI=1S/C17H27N3O/c1-14(16(21)19-15-9-5-4-6-10-15)18-13-17(20(2)3)11-7-8-12-17/h4-6,9-10,14,18H,7-8,11-13H2,1-3H3,(H,19,21). The number of anilines is 1. The minimum absolute atomic E-state index is 0.0214. The fourth-order valence-electron chi connectivity index (χ4n) is 3.02. The van der Waals surface area contributed by atoms with Gasteiger partial charge in [-0.3, -0.25) is 4.79 Å². The maximum atomic E-state index is 12.2. The number of carbonyl (C=O) groups is 1. The van der Waals surface area contributed by atoms with Crippen molar-refractivity contribution in [1.29, 1.82) is 0 Å². The van der Waals surface area contributed by atoms with Crippen LogP contribution >= 0.6 is 0 Å². The maximum Gasteiger partial charge on any atom is 0.241 e. The molecule has 0 aromatic heterocycles. The molecule has 1 fully saturated rings. The third-order valence-corrected chi connectivity index (χ3v) is 4.65. The second-order valence-electron chi connectivity index (χ2n) is 6.28. The largest absolute Gasteiger partial charge is 0.325 e. The zero-order valence-corrected chi connectivity index (χ0v) is 13.4. The molecule has 1 saturated carbocycles. The van der Waals surface area contributed by atoms with Crippen molar-refractivity contribution in [3.05, 3.63) is 30.3 Å². The summed E-state index contributed by atoms with van der Waals surface area (Å²) in [6.07, 6.45) is 4.98. The van der Waals surface area contributed by atoms with Crippen molar-refractivity contribution in [3.8, 4) is 0 Å². The summed E-state index contributed by atoms with van der Waals surface area (Å²) in [6.45, 7) is 2.79. The zero-order chi connectivity index (χ0) is 15.3. The first-order chi connectivity index (χ1) is 10.0. The smallest absolute Gasteiger partial charge is 0.241 e. The molecule has 4 nitrogen and oxygen atoms in total. The van der Waals surface area contributed by atoms with Crippen molar-refractivity contribution >= 4 is 11.6 Å². The van der Waals surface area contributed by atoms with Gasteiger partial charge in [0.05, 0.1) is 6.04 Å². The molecule has 1 unspecified atom stereocenters. The lowest BCUT2D eigenvalue weighted by Gasteiger charge is -2.37. The van der Waals surface area contributed by atoms with E-state index in [4.69, 9.17) is 0 Å². The highest BCUT2D eigenvalue weighted by molar-refractivity contribution is 5.94. The highest BCUT2D eigenvalue weighted by atomic mass is 16.2. The Bertz CT molecular complexity index is 452. The van der Waals surface area contributed by atoms with Gasteiger partial charge in [-0.25, -0.2) is 0 Å². The molecule has 4 heteroatoms. The lowest BCUT2D eigenvalue weighted by atomic mass is 9.95.